The van der Waals surface area contributed by atoms with Gasteiger partial charge in [-0.1, -0.05) is 112 Å². The van der Waals surface area contributed by atoms with Gasteiger partial charge in [0.25, 0.3) is 0 Å². The monoisotopic (exact) mass is 692 g/mol. The van der Waals surface area contributed by atoms with Gasteiger partial charge in [0.2, 0.25) is 0 Å². The van der Waals surface area contributed by atoms with Crippen molar-refractivity contribution in [2.75, 3.05) is 13.2 Å². The summed E-state index contributed by atoms with van der Waals surface area (Å²) in [5, 5.41) is 0. The molecular formula is C44H43F3O4. The van der Waals surface area contributed by atoms with Gasteiger partial charge >= 0.3 is 18.1 Å². The predicted octanol–water partition coefficient (Wildman–Crippen LogP) is 11.0. The first-order chi connectivity index (χ1) is 24.5. The molecule has 4 nitrogen and oxygen atoms in total. The van der Waals surface area contributed by atoms with Gasteiger partial charge in [0.1, 0.15) is 5.41 Å². The van der Waals surface area contributed by atoms with Crippen LogP contribution in [0, 0.1) is 0 Å². The van der Waals surface area contributed by atoms with E-state index in [-0.39, 0.29) is 16.5 Å². The first-order valence-corrected chi connectivity index (χ1v) is 17.7. The van der Waals surface area contributed by atoms with E-state index in [0.717, 1.165) is 68.1 Å². The molecule has 0 saturated carbocycles. The molecule has 264 valence electrons. The average molecular weight is 693 g/mol. The topological polar surface area (TPSA) is 52.6 Å². The van der Waals surface area contributed by atoms with Crippen LogP contribution in [0.15, 0.2) is 110 Å². The molecule has 0 saturated heterocycles. The number of hydrogen-bond donors (Lipinski definition) is 0. The van der Waals surface area contributed by atoms with Gasteiger partial charge < -0.3 is 9.47 Å². The van der Waals surface area contributed by atoms with Crippen LogP contribution in [0.2, 0.25) is 0 Å². The van der Waals surface area contributed by atoms with Gasteiger partial charge in [-0.05, 0) is 100 Å². The molecule has 6 rings (SSSR count). The van der Waals surface area contributed by atoms with Crippen LogP contribution in [0.5, 0.6) is 0 Å². The van der Waals surface area contributed by atoms with Crippen LogP contribution in [0.1, 0.15) is 80.5 Å². The Hall–Kier alpha value is -4.91. The molecular weight excluding hydrogens is 649 g/mol. The Bertz CT molecular complexity index is 1930. The number of ether oxygens (including phenoxy) is 2. The summed E-state index contributed by atoms with van der Waals surface area (Å²) in [7, 11) is 0. The molecule has 0 spiro atoms. The van der Waals surface area contributed by atoms with E-state index in [1.54, 1.807) is 30.3 Å². The number of fused-ring (bicyclic) bond motifs is 6. The fraction of sp³-hybridized carbons (Fsp3) is 0.318. The lowest BCUT2D eigenvalue weighted by molar-refractivity contribution is -0.172. The number of unbranched alkanes of at least 4 members (excludes halogenated alkanes) is 4. The van der Waals surface area contributed by atoms with Crippen molar-refractivity contribution < 1.29 is 32.2 Å². The Morgan fingerprint density at radius 2 is 1.06 bits per heavy atom. The molecule has 0 aliphatic heterocycles. The highest BCUT2D eigenvalue weighted by Gasteiger charge is 2.58. The van der Waals surface area contributed by atoms with Crippen molar-refractivity contribution >= 4 is 11.9 Å². The summed E-state index contributed by atoms with van der Waals surface area (Å²) in [4.78, 5) is 23.1. The smallest absolute Gasteiger partial charge is 0.402 e. The number of carbonyl (C=O) groups excluding carboxylic acids is 2. The third-order valence-corrected chi connectivity index (χ3v) is 10.8. The summed E-state index contributed by atoms with van der Waals surface area (Å²) in [6.45, 7) is 8.88. The number of hydrogen-bond acceptors (Lipinski definition) is 4. The minimum Gasteiger partial charge on any atom is -0.463 e. The lowest BCUT2D eigenvalue weighted by Gasteiger charge is -2.33. The number of benzene rings is 4. The fourth-order valence-corrected chi connectivity index (χ4v) is 8.15. The van der Waals surface area contributed by atoms with Crippen molar-refractivity contribution in [2.45, 2.75) is 75.3 Å². The van der Waals surface area contributed by atoms with Gasteiger partial charge in [-0.3, -0.25) is 0 Å². The van der Waals surface area contributed by atoms with Crippen molar-refractivity contribution in [2.24, 2.45) is 0 Å². The number of halogens is 3. The molecule has 0 radical (unpaired) electrons. The highest BCUT2D eigenvalue weighted by atomic mass is 19.4. The standard InChI is InChI=1S/C44H43F3O4/c1-4-40(48)50-26-14-6-12-24-43(25-13-7-15-27-51-41(49)5-2)37-19-11-9-17-33(37)35-23-21-31(29-39(35)43)30-20-22-34-32-16-8-10-18-36(32)42(3,38(34)28-30)44(45,46)47/h4-5,8-11,16-23,28-29H,1-2,6-7,12-15,24-27H2,3H3. The van der Waals surface area contributed by atoms with Crippen LogP contribution < -0.4 is 0 Å². The summed E-state index contributed by atoms with van der Waals surface area (Å²) in [6.07, 6.45) is 4.54. The van der Waals surface area contributed by atoms with Crippen molar-refractivity contribution in [3.8, 4) is 33.4 Å². The van der Waals surface area contributed by atoms with Gasteiger partial charge in [-0.25, -0.2) is 9.59 Å². The van der Waals surface area contributed by atoms with Crippen LogP contribution in [-0.2, 0) is 29.9 Å². The largest absolute Gasteiger partial charge is 0.463 e. The normalized spacial score (nSPS) is 16.4. The summed E-state index contributed by atoms with van der Waals surface area (Å²) in [5.41, 5.74) is 5.73. The molecule has 2 aliphatic rings. The van der Waals surface area contributed by atoms with E-state index in [9.17, 15) is 22.8 Å². The summed E-state index contributed by atoms with van der Waals surface area (Å²) >= 11 is 0. The maximum atomic E-state index is 14.9. The third-order valence-electron chi connectivity index (χ3n) is 10.8. The summed E-state index contributed by atoms with van der Waals surface area (Å²) in [5.74, 6) is -0.857. The quantitative estimate of drug-likeness (QED) is 0.0707. The molecule has 7 heteroatoms. The van der Waals surface area contributed by atoms with Crippen molar-refractivity contribution in [1.29, 1.82) is 0 Å². The maximum absolute atomic E-state index is 14.9. The first kappa shape index (κ1) is 35.9. The van der Waals surface area contributed by atoms with Gasteiger partial charge in [0.05, 0.1) is 13.2 Å². The van der Waals surface area contributed by atoms with Gasteiger partial charge in [-0.2, -0.15) is 13.2 Å². The van der Waals surface area contributed by atoms with E-state index >= 15 is 0 Å². The molecule has 0 N–H and O–H groups in total. The molecule has 4 aromatic rings. The fourth-order valence-electron chi connectivity index (χ4n) is 8.15. The second-order valence-electron chi connectivity index (χ2n) is 13.7. The average Bonchev–Trinajstić information content (AvgIpc) is 3.57. The molecule has 1 unspecified atom stereocenters. The van der Waals surface area contributed by atoms with E-state index in [1.807, 2.05) is 24.3 Å². The molecule has 0 heterocycles. The predicted molar refractivity (Wildman–Crippen MR) is 195 cm³/mol. The molecule has 0 aromatic heterocycles. The number of alkyl halides is 3. The van der Waals surface area contributed by atoms with E-state index in [1.165, 1.54) is 35.8 Å². The van der Waals surface area contributed by atoms with Gasteiger partial charge in [0, 0.05) is 17.6 Å². The Balaban J connectivity index is 1.36. The minimum absolute atomic E-state index is 0.276. The Kier molecular flexibility index (Phi) is 10.4. The summed E-state index contributed by atoms with van der Waals surface area (Å²) in [6, 6.07) is 27.2. The Labute approximate surface area is 298 Å². The minimum atomic E-state index is -4.48. The second-order valence-corrected chi connectivity index (χ2v) is 13.7. The SMILES string of the molecule is C=CC(=O)OCCCCCC1(CCCCCOC(=O)C=C)c2ccccc2-c2ccc(-c3ccc4c(c3)C(C)(C(F)(F)F)c3ccccc3-4)cc21. The first-order valence-electron chi connectivity index (χ1n) is 17.7. The van der Waals surface area contributed by atoms with Crippen LogP contribution >= 0.6 is 0 Å². The number of carbonyl (C=O) groups is 2. The molecule has 2 aliphatic carbocycles. The van der Waals surface area contributed by atoms with Gasteiger partial charge in [0.15, 0.2) is 0 Å². The van der Waals surface area contributed by atoms with Crippen LogP contribution in [0.25, 0.3) is 33.4 Å². The number of rotatable bonds is 15. The van der Waals surface area contributed by atoms with Crippen LogP contribution in [0.3, 0.4) is 0 Å². The van der Waals surface area contributed by atoms with E-state index < -0.39 is 23.5 Å². The Morgan fingerprint density at radius 3 is 1.59 bits per heavy atom. The Morgan fingerprint density at radius 1 is 0.608 bits per heavy atom. The zero-order valence-electron chi connectivity index (χ0n) is 29.0. The third kappa shape index (κ3) is 6.66. The lowest BCUT2D eigenvalue weighted by atomic mass is 9.70. The van der Waals surface area contributed by atoms with Crippen LogP contribution in [-0.4, -0.2) is 31.3 Å². The lowest BCUT2D eigenvalue weighted by Crippen LogP contribution is -2.38. The molecule has 0 amide bonds. The highest BCUT2D eigenvalue weighted by molar-refractivity contribution is 5.87. The van der Waals surface area contributed by atoms with Crippen LogP contribution in [0.4, 0.5) is 13.2 Å². The highest BCUT2D eigenvalue weighted by Crippen LogP contribution is 2.58. The summed E-state index contributed by atoms with van der Waals surface area (Å²) < 4.78 is 55.2. The molecule has 0 fully saturated rings. The molecule has 51 heavy (non-hydrogen) atoms. The van der Waals surface area contributed by atoms with Crippen molar-refractivity contribution in [1.82, 2.24) is 0 Å². The number of esters is 2. The molecule has 4 aromatic carbocycles. The van der Waals surface area contributed by atoms with E-state index in [4.69, 9.17) is 9.47 Å². The zero-order chi connectivity index (χ0) is 36.2. The second kappa shape index (κ2) is 14.7. The maximum Gasteiger partial charge on any atom is 0.402 e. The van der Waals surface area contributed by atoms with Gasteiger partial charge in [-0.15, -0.1) is 0 Å². The molecule has 1 atom stereocenters. The zero-order valence-corrected chi connectivity index (χ0v) is 29.0. The molecule has 0 bridgehead atoms. The van der Waals surface area contributed by atoms with Crippen molar-refractivity contribution in [3.05, 3.63) is 132 Å². The van der Waals surface area contributed by atoms with E-state index in [0.29, 0.717) is 24.3 Å². The van der Waals surface area contributed by atoms with Crippen molar-refractivity contribution in [3.63, 3.8) is 0 Å². The van der Waals surface area contributed by atoms with E-state index in [2.05, 4.69) is 43.5 Å².